The van der Waals surface area contributed by atoms with Crippen molar-refractivity contribution in [2.24, 2.45) is 0 Å². The van der Waals surface area contributed by atoms with Crippen molar-refractivity contribution in [3.8, 4) is 0 Å². The SMILES string of the molecule is Cc1cccc(C)c1CS(=O)(=O)c1ccc2c(c1)SC(=Cc1ccc(Cl)c([N+](=O)[O-])c1)C(=O)N2. The Morgan fingerprint density at radius 1 is 1.09 bits per heavy atom. The number of hydrogen-bond acceptors (Lipinski definition) is 6. The molecule has 1 heterocycles. The van der Waals surface area contributed by atoms with Gasteiger partial charge in [-0.25, -0.2) is 8.42 Å². The van der Waals surface area contributed by atoms with Gasteiger partial charge in [-0.15, -0.1) is 0 Å². The molecule has 7 nitrogen and oxygen atoms in total. The third kappa shape index (κ3) is 4.86. The maximum absolute atomic E-state index is 13.2. The Bertz CT molecular complexity index is 1460. The Balaban J connectivity index is 1.67. The molecule has 0 saturated carbocycles. The number of carbonyl (C=O) groups is 1. The highest BCUT2D eigenvalue weighted by Crippen LogP contribution is 2.41. The molecule has 0 atom stereocenters. The van der Waals surface area contributed by atoms with E-state index in [1.165, 1.54) is 24.3 Å². The monoisotopic (exact) mass is 514 g/mol. The van der Waals surface area contributed by atoms with E-state index in [9.17, 15) is 23.3 Å². The first-order valence-electron chi connectivity index (χ1n) is 10.1. The largest absolute Gasteiger partial charge is 0.320 e. The minimum atomic E-state index is -3.64. The Morgan fingerprint density at radius 3 is 2.47 bits per heavy atom. The maximum atomic E-state index is 13.2. The number of carbonyl (C=O) groups excluding carboxylic acids is 1. The molecule has 3 aromatic carbocycles. The predicted molar refractivity (Wildman–Crippen MR) is 134 cm³/mol. The third-order valence-electron chi connectivity index (χ3n) is 5.45. The molecule has 0 bridgehead atoms. The molecule has 174 valence electrons. The van der Waals surface area contributed by atoms with Crippen molar-refractivity contribution in [2.75, 3.05) is 5.32 Å². The van der Waals surface area contributed by atoms with Gasteiger partial charge >= 0.3 is 0 Å². The number of aryl methyl sites for hydroxylation is 2. The average Bonchev–Trinajstić information content (AvgIpc) is 2.77. The molecule has 34 heavy (non-hydrogen) atoms. The van der Waals surface area contributed by atoms with E-state index in [4.69, 9.17) is 11.6 Å². The van der Waals surface area contributed by atoms with E-state index in [2.05, 4.69) is 5.32 Å². The van der Waals surface area contributed by atoms with Crippen molar-refractivity contribution in [1.29, 1.82) is 0 Å². The molecule has 0 aromatic heterocycles. The van der Waals surface area contributed by atoms with Crippen molar-refractivity contribution < 1.29 is 18.1 Å². The molecule has 1 aliphatic heterocycles. The van der Waals surface area contributed by atoms with E-state index in [1.807, 2.05) is 32.0 Å². The number of halogens is 1. The molecule has 0 saturated heterocycles. The maximum Gasteiger partial charge on any atom is 0.288 e. The Morgan fingerprint density at radius 2 is 1.79 bits per heavy atom. The standard InChI is InChI=1S/C24H19ClN2O5S2/c1-14-4-3-5-15(2)18(14)13-34(31,32)17-7-9-20-22(12-17)33-23(24(28)26-20)11-16-6-8-19(25)21(10-16)27(29)30/h3-12H,13H2,1-2H3,(H,26,28). The summed E-state index contributed by atoms with van der Waals surface area (Å²) in [5, 5.41) is 13.9. The number of thioether (sulfide) groups is 1. The van der Waals surface area contributed by atoms with Gasteiger partial charge in [0.05, 0.1) is 26.2 Å². The van der Waals surface area contributed by atoms with Crippen molar-refractivity contribution >= 4 is 56.6 Å². The van der Waals surface area contributed by atoms with Crippen LogP contribution < -0.4 is 5.32 Å². The van der Waals surface area contributed by atoms with Crippen LogP contribution in [-0.4, -0.2) is 19.2 Å². The van der Waals surface area contributed by atoms with Gasteiger partial charge in [0, 0.05) is 11.0 Å². The Hall–Kier alpha value is -3.14. The van der Waals surface area contributed by atoms with Gasteiger partial charge in [0.1, 0.15) is 5.02 Å². The molecule has 4 rings (SSSR count). The lowest BCUT2D eigenvalue weighted by Gasteiger charge is -2.20. The molecule has 1 N–H and O–H groups in total. The normalized spacial score (nSPS) is 14.6. The van der Waals surface area contributed by atoms with Crippen LogP contribution in [0.25, 0.3) is 6.08 Å². The zero-order valence-electron chi connectivity index (χ0n) is 18.2. The van der Waals surface area contributed by atoms with Crippen LogP contribution >= 0.6 is 23.4 Å². The summed E-state index contributed by atoms with van der Waals surface area (Å²) in [7, 11) is -3.64. The number of nitrogens with one attached hydrogen (secondary N) is 1. The number of nitro benzene ring substituents is 1. The second-order valence-corrected chi connectivity index (χ2v) is 11.3. The van der Waals surface area contributed by atoms with Gasteiger partial charge in [0.15, 0.2) is 9.84 Å². The van der Waals surface area contributed by atoms with Crippen molar-refractivity contribution in [1.82, 2.24) is 0 Å². The number of benzene rings is 3. The number of fused-ring (bicyclic) bond motifs is 1. The van der Waals surface area contributed by atoms with Crippen LogP contribution in [0.3, 0.4) is 0 Å². The number of amides is 1. The zero-order valence-corrected chi connectivity index (χ0v) is 20.6. The van der Waals surface area contributed by atoms with Crippen LogP contribution in [0.5, 0.6) is 0 Å². The van der Waals surface area contributed by atoms with Crippen molar-refractivity contribution in [3.63, 3.8) is 0 Å². The molecular weight excluding hydrogens is 496 g/mol. The average molecular weight is 515 g/mol. The lowest BCUT2D eigenvalue weighted by atomic mass is 10.1. The van der Waals surface area contributed by atoms with Crippen LogP contribution in [-0.2, 0) is 20.4 Å². The number of rotatable bonds is 5. The van der Waals surface area contributed by atoms with E-state index in [-0.39, 0.29) is 32.2 Å². The first kappa shape index (κ1) is 24.0. The summed E-state index contributed by atoms with van der Waals surface area (Å²) in [4.78, 5) is 24.1. The highest BCUT2D eigenvalue weighted by molar-refractivity contribution is 8.04. The summed E-state index contributed by atoms with van der Waals surface area (Å²) in [6.45, 7) is 3.77. The first-order chi connectivity index (χ1) is 16.0. The van der Waals surface area contributed by atoms with E-state index in [0.29, 0.717) is 16.1 Å². The lowest BCUT2D eigenvalue weighted by Crippen LogP contribution is -2.18. The van der Waals surface area contributed by atoms with Gasteiger partial charge < -0.3 is 5.32 Å². The summed E-state index contributed by atoms with van der Waals surface area (Å²) in [5.41, 5.74) is 3.25. The summed E-state index contributed by atoms with van der Waals surface area (Å²) in [6.07, 6.45) is 1.50. The van der Waals surface area contributed by atoms with E-state index >= 15 is 0 Å². The summed E-state index contributed by atoms with van der Waals surface area (Å²) in [5.74, 6) is -0.514. The molecule has 1 amide bonds. The van der Waals surface area contributed by atoms with Crippen molar-refractivity contribution in [3.05, 3.63) is 96.9 Å². The topological polar surface area (TPSA) is 106 Å². The number of nitrogens with zero attached hydrogens (tertiary/aromatic N) is 1. The molecule has 1 aliphatic rings. The summed E-state index contributed by atoms with van der Waals surface area (Å²) in [6, 6.07) is 14.5. The van der Waals surface area contributed by atoms with Crippen molar-refractivity contribution in [2.45, 2.75) is 29.4 Å². The quantitative estimate of drug-likeness (QED) is 0.257. The molecule has 0 spiro atoms. The number of hydrogen-bond donors (Lipinski definition) is 1. The van der Waals surface area contributed by atoms with E-state index in [0.717, 1.165) is 28.5 Å². The van der Waals surface area contributed by atoms with E-state index in [1.54, 1.807) is 18.2 Å². The summed E-state index contributed by atoms with van der Waals surface area (Å²) >= 11 is 6.97. The van der Waals surface area contributed by atoms with Crippen LogP contribution in [0.2, 0.25) is 5.02 Å². The van der Waals surface area contributed by atoms with Crippen LogP contribution in [0.4, 0.5) is 11.4 Å². The van der Waals surface area contributed by atoms with Gasteiger partial charge in [0.2, 0.25) is 0 Å². The second kappa shape index (κ2) is 9.25. The molecular formula is C24H19ClN2O5S2. The zero-order chi connectivity index (χ0) is 24.6. The van der Waals surface area contributed by atoms with Gasteiger partial charge in [-0.05, 0) is 66.4 Å². The van der Waals surface area contributed by atoms with Crippen LogP contribution in [0, 0.1) is 24.0 Å². The fourth-order valence-electron chi connectivity index (χ4n) is 3.59. The van der Waals surface area contributed by atoms with Gasteiger partial charge in [0.25, 0.3) is 11.6 Å². The Kier molecular flexibility index (Phi) is 6.53. The highest BCUT2D eigenvalue weighted by atomic mass is 35.5. The lowest BCUT2D eigenvalue weighted by molar-refractivity contribution is -0.384. The minimum absolute atomic E-state index is 0.00279. The van der Waals surface area contributed by atoms with Gasteiger partial charge in [-0.2, -0.15) is 0 Å². The van der Waals surface area contributed by atoms with Gasteiger partial charge in [-0.3, -0.25) is 14.9 Å². The van der Waals surface area contributed by atoms with Crippen LogP contribution in [0.15, 0.2) is 69.3 Å². The molecule has 0 fully saturated rings. The first-order valence-corrected chi connectivity index (χ1v) is 13.0. The fraction of sp³-hybridized carbons (Fsp3) is 0.125. The predicted octanol–water partition coefficient (Wildman–Crippen LogP) is 5.92. The number of nitro groups is 1. The third-order valence-corrected chi connectivity index (χ3v) is 8.49. The molecule has 0 unspecified atom stereocenters. The fourth-order valence-corrected chi connectivity index (χ4v) is 6.41. The Labute approximate surface area is 205 Å². The van der Waals surface area contributed by atoms with E-state index < -0.39 is 14.8 Å². The molecule has 10 heteroatoms. The molecule has 3 aromatic rings. The van der Waals surface area contributed by atoms with Gasteiger partial charge in [-0.1, -0.05) is 47.6 Å². The highest BCUT2D eigenvalue weighted by Gasteiger charge is 2.25. The second-order valence-electron chi connectivity index (χ2n) is 7.82. The van der Waals surface area contributed by atoms with Crippen LogP contribution in [0.1, 0.15) is 22.3 Å². The molecule has 0 radical (unpaired) electrons. The smallest absolute Gasteiger partial charge is 0.288 e. The summed E-state index contributed by atoms with van der Waals surface area (Å²) < 4.78 is 26.3. The molecule has 0 aliphatic carbocycles. The number of anilines is 1. The minimum Gasteiger partial charge on any atom is -0.320 e. The number of sulfone groups is 1.